The van der Waals surface area contributed by atoms with Crippen molar-refractivity contribution >= 4 is 39.3 Å². The van der Waals surface area contributed by atoms with E-state index in [0.29, 0.717) is 24.2 Å². The van der Waals surface area contributed by atoms with Crippen LogP contribution < -0.4 is 16.1 Å². The molecule has 0 saturated heterocycles. The fourth-order valence-corrected chi connectivity index (χ4v) is 4.49. The molecule has 0 aliphatic rings. The second-order valence-electron chi connectivity index (χ2n) is 9.41. The SMILES string of the molecule is C=C(Nc1cccc2c(C)ccnc12)[C@H](CCCCCC(=O)NO)NC(=O)Cc1ccc2ccccc2n1. The number of carbonyl (C=O) groups is 2. The highest BCUT2D eigenvalue weighted by atomic mass is 16.5. The third kappa shape index (κ3) is 6.92. The first kappa shape index (κ1) is 26.8. The minimum absolute atomic E-state index is 0.146. The Hall–Kier alpha value is -4.30. The van der Waals surface area contributed by atoms with Crippen molar-refractivity contribution < 1.29 is 14.8 Å². The minimum Gasteiger partial charge on any atom is -0.356 e. The fraction of sp³-hybridized carbons (Fsp3) is 0.267. The van der Waals surface area contributed by atoms with Gasteiger partial charge in [0.2, 0.25) is 11.8 Å². The molecule has 2 aromatic carbocycles. The molecule has 1 atom stereocenters. The van der Waals surface area contributed by atoms with Gasteiger partial charge in [0.05, 0.1) is 34.9 Å². The van der Waals surface area contributed by atoms with Crippen LogP contribution >= 0.6 is 0 Å². The number of carbonyl (C=O) groups excluding carboxylic acids is 2. The summed E-state index contributed by atoms with van der Waals surface area (Å²) in [5, 5.41) is 17.3. The normalized spacial score (nSPS) is 11.7. The van der Waals surface area contributed by atoms with Crippen LogP contribution in [0.1, 0.15) is 43.4 Å². The van der Waals surface area contributed by atoms with Crippen molar-refractivity contribution in [2.24, 2.45) is 0 Å². The van der Waals surface area contributed by atoms with Gasteiger partial charge in [0, 0.05) is 29.1 Å². The van der Waals surface area contributed by atoms with Crippen molar-refractivity contribution in [3.8, 4) is 0 Å². The summed E-state index contributed by atoms with van der Waals surface area (Å²) in [5.41, 5.74) is 6.66. The van der Waals surface area contributed by atoms with Crippen LogP contribution in [0.4, 0.5) is 5.69 Å². The molecule has 8 nitrogen and oxygen atoms in total. The number of amides is 2. The van der Waals surface area contributed by atoms with Gasteiger partial charge in [-0.1, -0.05) is 55.8 Å². The fourth-order valence-electron chi connectivity index (χ4n) is 4.49. The van der Waals surface area contributed by atoms with Crippen LogP contribution in [0.15, 0.2) is 79.1 Å². The maximum absolute atomic E-state index is 13.1. The van der Waals surface area contributed by atoms with Crippen LogP contribution in [0.2, 0.25) is 0 Å². The molecule has 4 N–H and O–H groups in total. The molecule has 0 fully saturated rings. The van der Waals surface area contributed by atoms with E-state index in [9.17, 15) is 9.59 Å². The second-order valence-corrected chi connectivity index (χ2v) is 9.41. The van der Waals surface area contributed by atoms with Crippen molar-refractivity contribution in [3.63, 3.8) is 0 Å². The molecule has 8 heteroatoms. The van der Waals surface area contributed by atoms with E-state index in [4.69, 9.17) is 5.21 Å². The molecule has 0 saturated carbocycles. The van der Waals surface area contributed by atoms with E-state index in [2.05, 4.69) is 27.2 Å². The zero-order valence-electron chi connectivity index (χ0n) is 21.5. The van der Waals surface area contributed by atoms with Gasteiger partial charge in [-0.15, -0.1) is 0 Å². The molecular formula is C30H33N5O3. The number of hydrogen-bond acceptors (Lipinski definition) is 6. The zero-order valence-corrected chi connectivity index (χ0v) is 21.5. The Balaban J connectivity index is 1.45. The second kappa shape index (κ2) is 12.8. The molecular weight excluding hydrogens is 478 g/mol. The molecule has 0 aliphatic heterocycles. The van der Waals surface area contributed by atoms with E-state index in [1.807, 2.05) is 67.6 Å². The number of unbranched alkanes of at least 4 members (excludes halogenated alkanes) is 2. The highest BCUT2D eigenvalue weighted by Crippen LogP contribution is 2.25. The van der Waals surface area contributed by atoms with E-state index in [-0.39, 0.29) is 24.8 Å². The summed E-state index contributed by atoms with van der Waals surface area (Å²) in [7, 11) is 0. The highest BCUT2D eigenvalue weighted by Gasteiger charge is 2.18. The number of anilines is 1. The predicted octanol–water partition coefficient (Wildman–Crippen LogP) is 5.20. The number of fused-ring (bicyclic) bond motifs is 2. The third-order valence-electron chi connectivity index (χ3n) is 6.56. The quantitative estimate of drug-likeness (QED) is 0.118. The number of nitrogens with one attached hydrogen (secondary N) is 3. The summed E-state index contributed by atoms with van der Waals surface area (Å²) in [5.74, 6) is -0.546. The van der Waals surface area contributed by atoms with Crippen molar-refractivity contribution in [2.45, 2.75) is 51.5 Å². The summed E-state index contributed by atoms with van der Waals surface area (Å²) in [6.45, 7) is 6.30. The van der Waals surface area contributed by atoms with Crippen LogP contribution in [0.25, 0.3) is 21.8 Å². The number of hydroxylamine groups is 1. The van der Waals surface area contributed by atoms with Gasteiger partial charge >= 0.3 is 0 Å². The molecule has 38 heavy (non-hydrogen) atoms. The number of aromatic nitrogens is 2. The Morgan fingerprint density at radius 3 is 2.66 bits per heavy atom. The number of aryl methyl sites for hydroxylation is 1. The lowest BCUT2D eigenvalue weighted by Gasteiger charge is -2.23. The summed E-state index contributed by atoms with van der Waals surface area (Å²) in [6, 6.07) is 19.3. The van der Waals surface area contributed by atoms with Crippen LogP contribution in [0, 0.1) is 6.92 Å². The number of pyridine rings is 2. The highest BCUT2D eigenvalue weighted by molar-refractivity contribution is 5.93. The largest absolute Gasteiger partial charge is 0.356 e. The summed E-state index contributed by atoms with van der Waals surface area (Å²) >= 11 is 0. The predicted molar refractivity (Wildman–Crippen MR) is 150 cm³/mol. The summed E-state index contributed by atoms with van der Waals surface area (Å²) < 4.78 is 0. The van der Waals surface area contributed by atoms with Crippen LogP contribution in [-0.2, 0) is 16.0 Å². The molecule has 0 radical (unpaired) electrons. The van der Waals surface area contributed by atoms with Gasteiger partial charge in [-0.05, 0) is 49.6 Å². The summed E-state index contributed by atoms with van der Waals surface area (Å²) in [6.07, 6.45) is 5.01. The molecule has 0 aliphatic carbocycles. The molecule has 196 valence electrons. The van der Waals surface area contributed by atoms with Gasteiger partial charge in [-0.2, -0.15) is 0 Å². The van der Waals surface area contributed by atoms with E-state index in [1.54, 1.807) is 11.7 Å². The Kier molecular flexibility index (Phi) is 9.00. The van der Waals surface area contributed by atoms with Gasteiger partial charge in [0.1, 0.15) is 0 Å². The van der Waals surface area contributed by atoms with Gasteiger partial charge < -0.3 is 10.6 Å². The molecule has 2 aromatic heterocycles. The van der Waals surface area contributed by atoms with E-state index in [1.165, 1.54) is 0 Å². The Morgan fingerprint density at radius 1 is 0.974 bits per heavy atom. The number of hydrogen-bond donors (Lipinski definition) is 4. The molecule has 4 aromatic rings. The van der Waals surface area contributed by atoms with E-state index >= 15 is 0 Å². The van der Waals surface area contributed by atoms with Gasteiger partial charge in [-0.25, -0.2) is 5.48 Å². The lowest BCUT2D eigenvalue weighted by Crippen LogP contribution is -2.39. The minimum atomic E-state index is -0.400. The van der Waals surface area contributed by atoms with Crippen LogP contribution in [0.5, 0.6) is 0 Å². The van der Waals surface area contributed by atoms with Crippen molar-refractivity contribution in [1.29, 1.82) is 0 Å². The van der Waals surface area contributed by atoms with Crippen molar-refractivity contribution in [2.75, 3.05) is 5.32 Å². The Bertz CT molecular complexity index is 1450. The molecule has 0 unspecified atom stereocenters. The molecule has 0 bridgehead atoms. The molecule has 2 amide bonds. The first-order valence-electron chi connectivity index (χ1n) is 12.8. The zero-order chi connectivity index (χ0) is 26.9. The van der Waals surface area contributed by atoms with Crippen molar-refractivity contribution in [3.05, 3.63) is 90.4 Å². The number of rotatable bonds is 12. The standard InChI is InChI=1S/C30H33N5O3/c1-20-17-18-31-30-24(20)10-8-13-27(30)32-21(2)25(11-4-3-5-14-28(36)35-38)34-29(37)19-23-16-15-22-9-6-7-12-26(22)33-23/h6-10,12-13,15-18,25,32,38H,2-5,11,14,19H2,1H3,(H,34,37)(H,35,36)/t25-/m0/s1. The average Bonchev–Trinajstić information content (AvgIpc) is 2.92. The molecule has 4 rings (SSSR count). The third-order valence-corrected chi connectivity index (χ3v) is 6.56. The monoisotopic (exact) mass is 511 g/mol. The lowest BCUT2D eigenvalue weighted by molar-refractivity contribution is -0.129. The average molecular weight is 512 g/mol. The number of benzene rings is 2. The van der Waals surface area contributed by atoms with Gasteiger partial charge in [0.25, 0.3) is 0 Å². The van der Waals surface area contributed by atoms with Crippen molar-refractivity contribution in [1.82, 2.24) is 20.8 Å². The van der Waals surface area contributed by atoms with E-state index < -0.39 is 5.91 Å². The first-order valence-corrected chi connectivity index (χ1v) is 12.8. The van der Waals surface area contributed by atoms with Crippen LogP contribution in [0.3, 0.4) is 0 Å². The molecule has 2 heterocycles. The van der Waals surface area contributed by atoms with E-state index in [0.717, 1.165) is 45.9 Å². The first-order chi connectivity index (χ1) is 18.4. The topological polar surface area (TPSA) is 116 Å². The van der Waals surface area contributed by atoms with Crippen LogP contribution in [-0.4, -0.2) is 33.0 Å². The Labute approximate surface area is 222 Å². The smallest absolute Gasteiger partial charge is 0.243 e. The molecule has 0 spiro atoms. The Morgan fingerprint density at radius 2 is 1.82 bits per heavy atom. The van der Waals surface area contributed by atoms with Gasteiger partial charge in [-0.3, -0.25) is 24.8 Å². The maximum Gasteiger partial charge on any atom is 0.243 e. The van der Waals surface area contributed by atoms with Gasteiger partial charge in [0.15, 0.2) is 0 Å². The lowest BCUT2D eigenvalue weighted by atomic mass is 10.0. The number of para-hydroxylation sites is 2. The summed E-state index contributed by atoms with van der Waals surface area (Å²) in [4.78, 5) is 33.5. The maximum atomic E-state index is 13.1. The number of nitrogens with zero attached hydrogens (tertiary/aromatic N) is 2.